The van der Waals surface area contributed by atoms with Crippen LogP contribution in [0.2, 0.25) is 0 Å². The lowest BCUT2D eigenvalue weighted by atomic mass is 10.1. The van der Waals surface area contributed by atoms with Crippen LogP contribution in [0.25, 0.3) is 11.3 Å². The summed E-state index contributed by atoms with van der Waals surface area (Å²) in [6, 6.07) is 9.73. The van der Waals surface area contributed by atoms with Gasteiger partial charge in [0.05, 0.1) is 18.0 Å². The van der Waals surface area contributed by atoms with E-state index in [1.165, 1.54) is 0 Å². The second-order valence-electron chi connectivity index (χ2n) is 3.91. The molecule has 3 nitrogen and oxygen atoms in total. The molecule has 2 aromatic rings. The van der Waals surface area contributed by atoms with Gasteiger partial charge in [0.2, 0.25) is 0 Å². The molecule has 0 saturated heterocycles. The van der Waals surface area contributed by atoms with E-state index < -0.39 is 0 Å². The molecule has 0 radical (unpaired) electrons. The smallest absolute Gasteiger partial charge is 0.119 e. The normalized spacial score (nSPS) is 10.2. The Morgan fingerprint density at radius 3 is 2.53 bits per heavy atom. The van der Waals surface area contributed by atoms with E-state index in [0.717, 1.165) is 22.6 Å². The van der Waals surface area contributed by atoms with Crippen molar-refractivity contribution in [1.82, 2.24) is 4.98 Å². The summed E-state index contributed by atoms with van der Waals surface area (Å²) >= 11 is 0. The Morgan fingerprint density at radius 2 is 1.94 bits per heavy atom. The molecule has 88 valence electrons. The molecule has 1 heterocycles. The summed E-state index contributed by atoms with van der Waals surface area (Å²) in [6.07, 6.45) is 1.82. The highest BCUT2D eigenvalue weighted by atomic mass is 16.5. The van der Waals surface area contributed by atoms with Gasteiger partial charge in [-0.3, -0.25) is 4.98 Å². The van der Waals surface area contributed by atoms with Gasteiger partial charge in [-0.25, -0.2) is 0 Å². The molecular weight excluding hydrogens is 212 g/mol. The summed E-state index contributed by atoms with van der Waals surface area (Å²) in [5.41, 5.74) is 9.55. The van der Waals surface area contributed by atoms with Crippen LogP contribution in [0.1, 0.15) is 12.5 Å². The zero-order valence-electron chi connectivity index (χ0n) is 10.1. The first kappa shape index (κ1) is 11.5. The third kappa shape index (κ3) is 2.56. The number of nitrogens with two attached hydrogens (primary N) is 1. The van der Waals surface area contributed by atoms with Crippen LogP contribution in [0, 0.1) is 6.92 Å². The molecule has 0 fully saturated rings. The summed E-state index contributed by atoms with van der Waals surface area (Å²) in [5.74, 6) is 0.863. The second-order valence-corrected chi connectivity index (χ2v) is 3.91. The lowest BCUT2D eigenvalue weighted by Gasteiger charge is -2.07. The molecule has 0 aliphatic heterocycles. The van der Waals surface area contributed by atoms with Crippen molar-refractivity contribution in [3.05, 3.63) is 42.1 Å². The fourth-order valence-corrected chi connectivity index (χ4v) is 1.71. The van der Waals surface area contributed by atoms with Crippen LogP contribution in [0.3, 0.4) is 0 Å². The molecule has 0 atom stereocenters. The Bertz CT molecular complexity index is 506. The number of nitrogen functional groups attached to an aromatic ring is 1. The molecule has 1 aromatic carbocycles. The predicted octanol–water partition coefficient (Wildman–Crippen LogP) is 3.04. The summed E-state index contributed by atoms with van der Waals surface area (Å²) in [6.45, 7) is 4.61. The average Bonchev–Trinajstić information content (AvgIpc) is 2.31. The van der Waals surface area contributed by atoms with Gasteiger partial charge in [-0.1, -0.05) is 0 Å². The molecule has 3 heteroatoms. The molecule has 2 rings (SSSR count). The molecule has 0 unspecified atom stereocenters. The fourth-order valence-electron chi connectivity index (χ4n) is 1.71. The maximum atomic E-state index is 5.96. The van der Waals surface area contributed by atoms with Gasteiger partial charge in [0.1, 0.15) is 5.75 Å². The number of aromatic nitrogens is 1. The Labute approximate surface area is 101 Å². The van der Waals surface area contributed by atoms with E-state index in [9.17, 15) is 0 Å². The highest BCUT2D eigenvalue weighted by molar-refractivity contribution is 5.72. The van der Waals surface area contributed by atoms with Crippen LogP contribution in [0.5, 0.6) is 5.75 Å². The van der Waals surface area contributed by atoms with E-state index >= 15 is 0 Å². The van der Waals surface area contributed by atoms with E-state index in [-0.39, 0.29) is 0 Å². The quantitative estimate of drug-likeness (QED) is 0.878. The molecule has 17 heavy (non-hydrogen) atoms. The van der Waals surface area contributed by atoms with Crippen LogP contribution in [0.4, 0.5) is 5.69 Å². The van der Waals surface area contributed by atoms with Gasteiger partial charge in [-0.15, -0.1) is 0 Å². The van der Waals surface area contributed by atoms with Gasteiger partial charge in [0.25, 0.3) is 0 Å². The summed E-state index contributed by atoms with van der Waals surface area (Å²) < 4.78 is 5.39. The largest absolute Gasteiger partial charge is 0.494 e. The number of rotatable bonds is 3. The topological polar surface area (TPSA) is 48.1 Å². The van der Waals surface area contributed by atoms with Crippen LogP contribution >= 0.6 is 0 Å². The predicted molar refractivity (Wildman–Crippen MR) is 70.0 cm³/mol. The number of nitrogens with zero attached hydrogens (tertiary/aromatic N) is 1. The first-order valence-electron chi connectivity index (χ1n) is 5.66. The zero-order valence-corrected chi connectivity index (χ0v) is 10.1. The number of anilines is 1. The molecule has 0 saturated carbocycles. The minimum absolute atomic E-state index is 0.671. The number of benzene rings is 1. The Balaban J connectivity index is 2.33. The number of aryl methyl sites for hydroxylation is 1. The Kier molecular flexibility index (Phi) is 3.28. The highest BCUT2D eigenvalue weighted by Gasteiger charge is 2.04. The zero-order chi connectivity index (χ0) is 12.3. The first-order valence-corrected chi connectivity index (χ1v) is 5.66. The maximum absolute atomic E-state index is 5.96. The van der Waals surface area contributed by atoms with Crippen LogP contribution in [0.15, 0.2) is 36.5 Å². The highest BCUT2D eigenvalue weighted by Crippen LogP contribution is 2.25. The first-order chi connectivity index (χ1) is 8.20. The molecule has 0 aliphatic rings. The summed E-state index contributed by atoms with van der Waals surface area (Å²) in [5, 5.41) is 0. The standard InChI is InChI=1S/C14H16N2O/c1-3-17-12-6-4-11(5-7-12)14-13(15)8-10(2)9-16-14/h4-9H,3,15H2,1-2H3. The lowest BCUT2D eigenvalue weighted by Crippen LogP contribution is -1.95. The van der Waals surface area contributed by atoms with Crippen LogP contribution < -0.4 is 10.5 Å². The minimum atomic E-state index is 0.671. The van der Waals surface area contributed by atoms with Crippen molar-refractivity contribution in [3.63, 3.8) is 0 Å². The molecule has 0 amide bonds. The van der Waals surface area contributed by atoms with Crippen LogP contribution in [-0.2, 0) is 0 Å². The SMILES string of the molecule is CCOc1ccc(-c2ncc(C)cc2N)cc1. The lowest BCUT2D eigenvalue weighted by molar-refractivity contribution is 0.340. The van der Waals surface area contributed by atoms with E-state index in [0.29, 0.717) is 12.3 Å². The van der Waals surface area contributed by atoms with Crippen molar-refractivity contribution in [2.24, 2.45) is 0 Å². The van der Waals surface area contributed by atoms with Crippen molar-refractivity contribution in [2.45, 2.75) is 13.8 Å². The molecule has 2 N–H and O–H groups in total. The van der Waals surface area contributed by atoms with Crippen molar-refractivity contribution in [3.8, 4) is 17.0 Å². The van der Waals surface area contributed by atoms with Gasteiger partial charge >= 0.3 is 0 Å². The number of hydrogen-bond acceptors (Lipinski definition) is 3. The van der Waals surface area contributed by atoms with E-state index in [1.807, 2.05) is 50.4 Å². The average molecular weight is 228 g/mol. The molecule has 0 aliphatic carbocycles. The van der Waals surface area contributed by atoms with Gasteiger partial charge in [-0.05, 0) is 49.7 Å². The number of hydrogen-bond donors (Lipinski definition) is 1. The molecule has 0 spiro atoms. The van der Waals surface area contributed by atoms with Gasteiger partial charge in [0, 0.05) is 11.8 Å². The van der Waals surface area contributed by atoms with Crippen molar-refractivity contribution in [2.75, 3.05) is 12.3 Å². The molecular formula is C14H16N2O. The summed E-state index contributed by atoms with van der Waals surface area (Å²) in [4.78, 5) is 4.36. The maximum Gasteiger partial charge on any atom is 0.119 e. The van der Waals surface area contributed by atoms with E-state index in [4.69, 9.17) is 10.5 Å². The Morgan fingerprint density at radius 1 is 1.24 bits per heavy atom. The number of pyridine rings is 1. The van der Waals surface area contributed by atoms with Crippen molar-refractivity contribution in [1.29, 1.82) is 0 Å². The number of ether oxygens (including phenoxy) is 1. The monoisotopic (exact) mass is 228 g/mol. The van der Waals surface area contributed by atoms with Crippen molar-refractivity contribution >= 4 is 5.69 Å². The van der Waals surface area contributed by atoms with Gasteiger partial charge in [0.15, 0.2) is 0 Å². The fraction of sp³-hybridized carbons (Fsp3) is 0.214. The third-order valence-electron chi connectivity index (χ3n) is 2.49. The molecule has 0 bridgehead atoms. The second kappa shape index (κ2) is 4.87. The van der Waals surface area contributed by atoms with Gasteiger partial charge in [-0.2, -0.15) is 0 Å². The molecule has 1 aromatic heterocycles. The minimum Gasteiger partial charge on any atom is -0.494 e. The van der Waals surface area contributed by atoms with Crippen LogP contribution in [-0.4, -0.2) is 11.6 Å². The third-order valence-corrected chi connectivity index (χ3v) is 2.49. The van der Waals surface area contributed by atoms with E-state index in [1.54, 1.807) is 0 Å². The van der Waals surface area contributed by atoms with E-state index in [2.05, 4.69) is 4.98 Å². The van der Waals surface area contributed by atoms with Gasteiger partial charge < -0.3 is 10.5 Å². The van der Waals surface area contributed by atoms with Crippen molar-refractivity contribution < 1.29 is 4.74 Å². The summed E-state index contributed by atoms with van der Waals surface area (Å²) in [7, 11) is 0. The Hall–Kier alpha value is -2.03.